The molecule has 1 aliphatic heterocycles. The van der Waals surface area contributed by atoms with Gasteiger partial charge in [-0.1, -0.05) is 6.07 Å². The lowest BCUT2D eigenvalue weighted by Crippen LogP contribution is -2.26. The van der Waals surface area contributed by atoms with E-state index in [-0.39, 0.29) is 17.2 Å². The van der Waals surface area contributed by atoms with Gasteiger partial charge in [0.05, 0.1) is 7.11 Å². The first-order chi connectivity index (χ1) is 11.6. The molecule has 0 saturated heterocycles. The van der Waals surface area contributed by atoms with E-state index in [1.165, 1.54) is 24.1 Å². The van der Waals surface area contributed by atoms with Crippen LogP contribution >= 0.6 is 0 Å². The summed E-state index contributed by atoms with van der Waals surface area (Å²) in [6.07, 6.45) is 0. The predicted octanol–water partition coefficient (Wildman–Crippen LogP) is 2.88. The number of methoxy groups -OCH3 is 1. The van der Waals surface area contributed by atoms with Crippen molar-refractivity contribution >= 4 is 5.91 Å². The highest BCUT2D eigenvalue weighted by atomic mass is 19.1. The second-order valence-corrected chi connectivity index (χ2v) is 5.49. The van der Waals surface area contributed by atoms with Crippen LogP contribution in [-0.2, 0) is 6.54 Å². The van der Waals surface area contributed by atoms with Gasteiger partial charge in [0.2, 0.25) is 0 Å². The Kier molecular flexibility index (Phi) is 4.55. The maximum atomic E-state index is 13.8. The van der Waals surface area contributed by atoms with Crippen LogP contribution in [0, 0.1) is 5.82 Å². The number of carbonyl (C=O) groups is 1. The highest BCUT2D eigenvalue weighted by Gasteiger charge is 2.17. The number of ether oxygens (including phenoxy) is 3. The van der Waals surface area contributed by atoms with Crippen molar-refractivity contribution in [3.63, 3.8) is 0 Å². The number of rotatable bonds is 4. The van der Waals surface area contributed by atoms with Crippen molar-refractivity contribution in [2.45, 2.75) is 6.54 Å². The van der Waals surface area contributed by atoms with Crippen LogP contribution in [0.3, 0.4) is 0 Å². The lowest BCUT2D eigenvalue weighted by atomic mass is 10.1. The Morgan fingerprint density at radius 3 is 2.62 bits per heavy atom. The van der Waals surface area contributed by atoms with Crippen molar-refractivity contribution in [2.24, 2.45) is 0 Å². The molecule has 0 radical (unpaired) electrons. The van der Waals surface area contributed by atoms with Gasteiger partial charge in [-0.2, -0.15) is 0 Å². The Balaban J connectivity index is 1.73. The molecule has 1 aliphatic rings. The smallest absolute Gasteiger partial charge is 0.254 e. The molecule has 1 heterocycles. The van der Waals surface area contributed by atoms with E-state index in [0.29, 0.717) is 31.3 Å². The number of benzene rings is 2. The number of hydrogen-bond acceptors (Lipinski definition) is 4. The monoisotopic (exact) mass is 331 g/mol. The minimum Gasteiger partial charge on any atom is -0.494 e. The summed E-state index contributed by atoms with van der Waals surface area (Å²) in [4.78, 5) is 14.0. The Labute approximate surface area is 139 Å². The van der Waals surface area contributed by atoms with E-state index in [1.807, 2.05) is 18.2 Å². The van der Waals surface area contributed by atoms with E-state index in [4.69, 9.17) is 14.2 Å². The van der Waals surface area contributed by atoms with Gasteiger partial charge < -0.3 is 19.1 Å². The summed E-state index contributed by atoms with van der Waals surface area (Å²) in [6, 6.07) is 9.74. The zero-order chi connectivity index (χ0) is 17.1. The van der Waals surface area contributed by atoms with Gasteiger partial charge in [-0.25, -0.2) is 4.39 Å². The van der Waals surface area contributed by atoms with E-state index < -0.39 is 5.82 Å². The molecular weight excluding hydrogens is 313 g/mol. The van der Waals surface area contributed by atoms with Crippen LogP contribution in [0.2, 0.25) is 0 Å². The predicted molar refractivity (Wildman–Crippen MR) is 86.2 cm³/mol. The molecule has 0 bridgehead atoms. The van der Waals surface area contributed by atoms with Gasteiger partial charge in [-0.05, 0) is 35.9 Å². The third kappa shape index (κ3) is 3.27. The van der Waals surface area contributed by atoms with Crippen LogP contribution in [0.5, 0.6) is 17.2 Å². The average Bonchev–Trinajstić information content (AvgIpc) is 2.60. The van der Waals surface area contributed by atoms with Gasteiger partial charge in [0.25, 0.3) is 5.91 Å². The first-order valence-corrected chi connectivity index (χ1v) is 7.56. The van der Waals surface area contributed by atoms with Crippen LogP contribution in [-0.4, -0.2) is 38.2 Å². The molecule has 0 aromatic heterocycles. The van der Waals surface area contributed by atoms with Crippen molar-refractivity contribution in [3.05, 3.63) is 53.3 Å². The Morgan fingerprint density at radius 1 is 1.17 bits per heavy atom. The van der Waals surface area contributed by atoms with Crippen LogP contribution in [0.1, 0.15) is 15.9 Å². The van der Waals surface area contributed by atoms with Gasteiger partial charge >= 0.3 is 0 Å². The molecule has 24 heavy (non-hydrogen) atoms. The summed E-state index contributed by atoms with van der Waals surface area (Å²) in [7, 11) is 3.05. The second-order valence-electron chi connectivity index (χ2n) is 5.49. The molecule has 0 spiro atoms. The third-order valence-electron chi connectivity index (χ3n) is 3.77. The van der Waals surface area contributed by atoms with Crippen molar-refractivity contribution in [1.82, 2.24) is 4.90 Å². The molecule has 0 fully saturated rings. The first kappa shape index (κ1) is 16.1. The van der Waals surface area contributed by atoms with Crippen molar-refractivity contribution < 1.29 is 23.4 Å². The molecule has 0 saturated carbocycles. The minimum atomic E-state index is -0.559. The van der Waals surface area contributed by atoms with Crippen molar-refractivity contribution in [1.29, 1.82) is 0 Å². The second kappa shape index (κ2) is 6.78. The van der Waals surface area contributed by atoms with E-state index in [2.05, 4.69) is 0 Å². The molecule has 2 aromatic carbocycles. The summed E-state index contributed by atoms with van der Waals surface area (Å²) in [6.45, 7) is 1.42. The minimum absolute atomic E-state index is 0.112. The van der Waals surface area contributed by atoms with E-state index >= 15 is 0 Å². The molecule has 0 aliphatic carbocycles. The number of nitrogens with zero attached hydrogens (tertiary/aromatic N) is 1. The highest BCUT2D eigenvalue weighted by Crippen LogP contribution is 2.31. The number of amides is 1. The van der Waals surface area contributed by atoms with E-state index in [1.54, 1.807) is 13.1 Å². The van der Waals surface area contributed by atoms with Gasteiger partial charge in [0.1, 0.15) is 13.2 Å². The quantitative estimate of drug-likeness (QED) is 0.864. The van der Waals surface area contributed by atoms with Crippen LogP contribution in [0.25, 0.3) is 0 Å². The lowest BCUT2D eigenvalue weighted by molar-refractivity contribution is 0.0784. The van der Waals surface area contributed by atoms with E-state index in [9.17, 15) is 9.18 Å². The van der Waals surface area contributed by atoms with Gasteiger partial charge in [0.15, 0.2) is 23.1 Å². The fourth-order valence-corrected chi connectivity index (χ4v) is 2.55. The maximum absolute atomic E-state index is 13.8. The van der Waals surface area contributed by atoms with Crippen molar-refractivity contribution in [3.8, 4) is 17.2 Å². The molecule has 0 unspecified atom stereocenters. The molecular formula is C18H18FNO4. The molecule has 0 N–H and O–H groups in total. The Bertz CT molecular complexity index is 763. The largest absolute Gasteiger partial charge is 0.494 e. The number of halogens is 1. The topological polar surface area (TPSA) is 48.0 Å². The van der Waals surface area contributed by atoms with Gasteiger partial charge in [-0.3, -0.25) is 4.79 Å². The summed E-state index contributed by atoms with van der Waals surface area (Å²) < 4.78 is 29.6. The summed E-state index contributed by atoms with van der Waals surface area (Å²) in [5, 5.41) is 0. The zero-order valence-corrected chi connectivity index (χ0v) is 13.5. The molecule has 5 nitrogen and oxygen atoms in total. The zero-order valence-electron chi connectivity index (χ0n) is 13.5. The number of fused-ring (bicyclic) bond motifs is 1. The lowest BCUT2D eigenvalue weighted by Gasteiger charge is -2.21. The summed E-state index contributed by atoms with van der Waals surface area (Å²) >= 11 is 0. The number of carbonyl (C=O) groups excluding carboxylic acids is 1. The molecule has 6 heteroatoms. The van der Waals surface area contributed by atoms with Crippen molar-refractivity contribution in [2.75, 3.05) is 27.4 Å². The molecule has 0 atom stereocenters. The highest BCUT2D eigenvalue weighted by molar-refractivity contribution is 5.94. The van der Waals surface area contributed by atoms with Gasteiger partial charge in [-0.15, -0.1) is 0 Å². The SMILES string of the molecule is COc1ccc(C(=O)N(C)Cc2ccc3c(c2)OCCO3)cc1F. The molecule has 1 amide bonds. The van der Waals surface area contributed by atoms with Crippen LogP contribution < -0.4 is 14.2 Å². The normalized spacial score (nSPS) is 12.6. The summed E-state index contributed by atoms with van der Waals surface area (Å²) in [5.41, 5.74) is 1.18. The molecule has 3 rings (SSSR count). The molecule has 2 aromatic rings. The maximum Gasteiger partial charge on any atom is 0.254 e. The Morgan fingerprint density at radius 2 is 1.92 bits per heavy atom. The Hall–Kier alpha value is -2.76. The first-order valence-electron chi connectivity index (χ1n) is 7.56. The van der Waals surface area contributed by atoms with E-state index in [0.717, 1.165) is 5.56 Å². The van der Waals surface area contributed by atoms with Gasteiger partial charge in [0, 0.05) is 19.2 Å². The van der Waals surface area contributed by atoms with Crippen LogP contribution in [0.15, 0.2) is 36.4 Å². The fraction of sp³-hybridized carbons (Fsp3) is 0.278. The average molecular weight is 331 g/mol. The summed E-state index contributed by atoms with van der Waals surface area (Å²) in [5.74, 6) is 0.662. The standard InChI is InChI=1S/C18H18FNO4/c1-20(18(21)13-4-6-15(22-2)14(19)10-13)11-12-3-5-16-17(9-12)24-8-7-23-16/h3-6,9-10H,7-8,11H2,1-2H3. The number of hydrogen-bond donors (Lipinski definition) is 0. The fourth-order valence-electron chi connectivity index (χ4n) is 2.55. The van der Waals surface area contributed by atoms with Crippen LogP contribution in [0.4, 0.5) is 4.39 Å². The third-order valence-corrected chi connectivity index (χ3v) is 3.77. The molecule has 126 valence electrons.